The molecule has 0 bridgehead atoms. The molecule has 1 atom stereocenters. The Hall–Kier alpha value is -0.470. The lowest BCUT2D eigenvalue weighted by molar-refractivity contribution is 0.570. The van der Waals surface area contributed by atoms with Gasteiger partial charge in [0.2, 0.25) is 0 Å². The van der Waals surface area contributed by atoms with Crippen molar-refractivity contribution in [2.24, 2.45) is 0 Å². The zero-order valence-corrected chi connectivity index (χ0v) is 9.14. The van der Waals surface area contributed by atoms with Crippen molar-refractivity contribution in [1.82, 2.24) is 5.32 Å². The minimum atomic E-state index is 0.423. The molecule has 1 N–H and O–H groups in total. The van der Waals surface area contributed by atoms with Crippen LogP contribution < -0.4 is 5.32 Å². The Balaban J connectivity index is 2.60. The lowest BCUT2D eigenvalue weighted by Crippen LogP contribution is -2.19. The van der Waals surface area contributed by atoms with Crippen LogP contribution >= 0.6 is 12.6 Å². The van der Waals surface area contributed by atoms with Gasteiger partial charge in [0.1, 0.15) is 0 Å². The third-order valence-electron chi connectivity index (χ3n) is 2.07. The van der Waals surface area contributed by atoms with Gasteiger partial charge < -0.3 is 5.32 Å². The monoisotopic (exact) mass is 195 g/mol. The quantitative estimate of drug-likeness (QED) is 0.704. The second-order valence-electron chi connectivity index (χ2n) is 3.27. The Kier molecular flexibility index (Phi) is 4.33. The minimum Gasteiger partial charge on any atom is -0.310 e. The lowest BCUT2D eigenvalue weighted by atomic mass is 10.1. The van der Waals surface area contributed by atoms with Crippen molar-refractivity contribution in [3.8, 4) is 0 Å². The molecule has 1 unspecified atom stereocenters. The first-order valence-corrected chi connectivity index (χ1v) is 5.21. The molecule has 1 aromatic rings. The molecule has 0 aliphatic carbocycles. The Morgan fingerprint density at radius 3 is 2.85 bits per heavy atom. The summed E-state index contributed by atoms with van der Waals surface area (Å²) in [6.07, 6.45) is 1.17. The Bertz CT molecular complexity index is 260. The second-order valence-corrected chi connectivity index (χ2v) is 3.79. The van der Waals surface area contributed by atoms with Gasteiger partial charge in [0.15, 0.2) is 0 Å². The maximum atomic E-state index is 4.31. The molecule has 1 rings (SSSR count). The van der Waals surface area contributed by atoms with Gasteiger partial charge in [0.25, 0.3) is 0 Å². The van der Waals surface area contributed by atoms with E-state index in [-0.39, 0.29) is 0 Å². The van der Waals surface area contributed by atoms with Gasteiger partial charge in [-0.3, -0.25) is 0 Å². The van der Waals surface area contributed by atoms with Crippen molar-refractivity contribution in [2.75, 3.05) is 6.54 Å². The molecule has 0 amide bonds. The van der Waals surface area contributed by atoms with Gasteiger partial charge in [-0.2, -0.15) is 0 Å². The molecule has 0 saturated heterocycles. The summed E-state index contributed by atoms with van der Waals surface area (Å²) in [5, 5.41) is 3.44. The summed E-state index contributed by atoms with van der Waals surface area (Å²) in [4.78, 5) is 1.03. The van der Waals surface area contributed by atoms with E-state index >= 15 is 0 Å². The molecule has 1 aromatic carbocycles. The summed E-state index contributed by atoms with van der Waals surface area (Å²) >= 11 is 4.31. The highest BCUT2D eigenvalue weighted by atomic mass is 32.1. The standard InChI is InChI=1S/C11H17NS/c1-3-7-12-9(2)10-5-4-6-11(13)8-10/h4-6,8-9,12-13H,3,7H2,1-2H3. The maximum absolute atomic E-state index is 4.31. The largest absolute Gasteiger partial charge is 0.310 e. The van der Waals surface area contributed by atoms with Crippen LogP contribution in [0.2, 0.25) is 0 Å². The highest BCUT2D eigenvalue weighted by molar-refractivity contribution is 7.80. The molecule has 0 aromatic heterocycles. The van der Waals surface area contributed by atoms with E-state index in [1.807, 2.05) is 12.1 Å². The average molecular weight is 195 g/mol. The number of thiol groups is 1. The fourth-order valence-electron chi connectivity index (χ4n) is 1.27. The van der Waals surface area contributed by atoms with E-state index in [1.54, 1.807) is 0 Å². The fraction of sp³-hybridized carbons (Fsp3) is 0.455. The number of benzene rings is 1. The van der Waals surface area contributed by atoms with E-state index in [0.29, 0.717) is 6.04 Å². The summed E-state index contributed by atoms with van der Waals surface area (Å²) in [5.41, 5.74) is 1.31. The maximum Gasteiger partial charge on any atom is 0.0292 e. The highest BCUT2D eigenvalue weighted by Crippen LogP contribution is 2.15. The van der Waals surface area contributed by atoms with E-state index < -0.39 is 0 Å². The Labute approximate surface area is 86.0 Å². The van der Waals surface area contributed by atoms with Crippen LogP contribution in [-0.4, -0.2) is 6.54 Å². The third-order valence-corrected chi connectivity index (χ3v) is 2.35. The normalized spacial score (nSPS) is 12.8. The van der Waals surface area contributed by atoms with Crippen molar-refractivity contribution in [3.63, 3.8) is 0 Å². The van der Waals surface area contributed by atoms with Crippen molar-refractivity contribution < 1.29 is 0 Å². The van der Waals surface area contributed by atoms with Gasteiger partial charge in [0.05, 0.1) is 0 Å². The van der Waals surface area contributed by atoms with E-state index in [1.165, 1.54) is 12.0 Å². The molecule has 0 radical (unpaired) electrons. The topological polar surface area (TPSA) is 12.0 Å². The summed E-state index contributed by atoms with van der Waals surface area (Å²) in [7, 11) is 0. The van der Waals surface area contributed by atoms with Gasteiger partial charge in [-0.15, -0.1) is 12.6 Å². The van der Waals surface area contributed by atoms with Crippen LogP contribution in [0.15, 0.2) is 29.2 Å². The molecule has 0 aliphatic heterocycles. The molecule has 2 heteroatoms. The summed E-state index contributed by atoms with van der Waals surface area (Å²) in [6.45, 7) is 5.42. The van der Waals surface area contributed by atoms with Crippen molar-refractivity contribution in [2.45, 2.75) is 31.2 Å². The average Bonchev–Trinajstić information content (AvgIpc) is 2.14. The third kappa shape index (κ3) is 3.41. The predicted molar refractivity (Wildman–Crippen MR) is 60.4 cm³/mol. The zero-order valence-electron chi connectivity index (χ0n) is 8.25. The van der Waals surface area contributed by atoms with E-state index in [0.717, 1.165) is 11.4 Å². The Morgan fingerprint density at radius 2 is 2.23 bits per heavy atom. The van der Waals surface area contributed by atoms with E-state index in [4.69, 9.17) is 0 Å². The van der Waals surface area contributed by atoms with Crippen LogP contribution in [0.4, 0.5) is 0 Å². The Morgan fingerprint density at radius 1 is 1.46 bits per heavy atom. The van der Waals surface area contributed by atoms with Crippen molar-refractivity contribution >= 4 is 12.6 Å². The first kappa shape index (κ1) is 10.6. The molecule has 13 heavy (non-hydrogen) atoms. The van der Waals surface area contributed by atoms with Crippen molar-refractivity contribution in [3.05, 3.63) is 29.8 Å². The number of hydrogen-bond donors (Lipinski definition) is 2. The molecule has 0 spiro atoms. The molecule has 0 saturated carbocycles. The molecule has 0 aliphatic rings. The van der Waals surface area contributed by atoms with E-state index in [2.05, 4.69) is 43.9 Å². The number of nitrogens with one attached hydrogen (secondary N) is 1. The van der Waals surface area contributed by atoms with Gasteiger partial charge >= 0.3 is 0 Å². The number of rotatable bonds is 4. The van der Waals surface area contributed by atoms with Crippen LogP contribution in [-0.2, 0) is 0 Å². The van der Waals surface area contributed by atoms with Gasteiger partial charge in [-0.1, -0.05) is 19.1 Å². The molecule has 1 nitrogen and oxygen atoms in total. The van der Waals surface area contributed by atoms with Crippen LogP contribution in [0.1, 0.15) is 31.9 Å². The predicted octanol–water partition coefficient (Wildman–Crippen LogP) is 3.04. The summed E-state index contributed by atoms with van der Waals surface area (Å²) in [5.74, 6) is 0. The second kappa shape index (κ2) is 5.30. The van der Waals surface area contributed by atoms with Crippen LogP contribution in [0, 0.1) is 0 Å². The lowest BCUT2D eigenvalue weighted by Gasteiger charge is -2.13. The zero-order chi connectivity index (χ0) is 9.68. The SMILES string of the molecule is CCCNC(C)c1cccc(S)c1. The number of hydrogen-bond acceptors (Lipinski definition) is 2. The van der Waals surface area contributed by atoms with Gasteiger partial charge in [-0.25, -0.2) is 0 Å². The van der Waals surface area contributed by atoms with Gasteiger partial charge in [-0.05, 0) is 37.6 Å². The molecular formula is C11H17NS. The van der Waals surface area contributed by atoms with Crippen LogP contribution in [0.25, 0.3) is 0 Å². The molecular weight excluding hydrogens is 178 g/mol. The minimum absolute atomic E-state index is 0.423. The summed E-state index contributed by atoms with van der Waals surface area (Å²) in [6, 6.07) is 8.71. The molecule has 0 fully saturated rings. The van der Waals surface area contributed by atoms with Crippen LogP contribution in [0.5, 0.6) is 0 Å². The van der Waals surface area contributed by atoms with Gasteiger partial charge in [0, 0.05) is 10.9 Å². The first-order chi connectivity index (χ1) is 6.24. The fourth-order valence-corrected chi connectivity index (χ4v) is 1.51. The van der Waals surface area contributed by atoms with Crippen LogP contribution in [0.3, 0.4) is 0 Å². The molecule has 72 valence electrons. The first-order valence-electron chi connectivity index (χ1n) is 4.76. The van der Waals surface area contributed by atoms with E-state index in [9.17, 15) is 0 Å². The van der Waals surface area contributed by atoms with Crippen molar-refractivity contribution in [1.29, 1.82) is 0 Å². The highest BCUT2D eigenvalue weighted by Gasteiger charge is 2.02. The molecule has 0 heterocycles. The summed E-state index contributed by atoms with van der Waals surface area (Å²) < 4.78 is 0. The smallest absolute Gasteiger partial charge is 0.0292 e.